The summed E-state index contributed by atoms with van der Waals surface area (Å²) in [4.78, 5) is 14.3. The van der Waals surface area contributed by atoms with Crippen molar-refractivity contribution in [3.8, 4) is 0 Å². The van der Waals surface area contributed by atoms with Crippen molar-refractivity contribution in [3.63, 3.8) is 0 Å². The Labute approximate surface area is 155 Å². The van der Waals surface area contributed by atoms with Crippen LogP contribution in [0.3, 0.4) is 0 Å². The fraction of sp³-hybridized carbons (Fsp3) is 0.611. The van der Waals surface area contributed by atoms with E-state index in [-0.39, 0.29) is 23.0 Å². The summed E-state index contributed by atoms with van der Waals surface area (Å²) in [5, 5.41) is 12.2. The highest BCUT2D eigenvalue weighted by Gasteiger charge is 2.25. The molecular weight excluding hydrogens is 354 g/mol. The predicted molar refractivity (Wildman–Crippen MR) is 100 cm³/mol. The van der Waals surface area contributed by atoms with Crippen LogP contribution in [0.25, 0.3) is 0 Å². The molecule has 1 atom stereocenters. The number of aliphatic hydroxyl groups is 1. The molecule has 26 heavy (non-hydrogen) atoms. The topological polar surface area (TPSA) is 98.7 Å². The number of carbonyl (C=O) groups excluding carboxylic acids is 1. The van der Waals surface area contributed by atoms with Crippen molar-refractivity contribution in [2.24, 2.45) is 0 Å². The van der Waals surface area contributed by atoms with Gasteiger partial charge in [0, 0.05) is 25.2 Å². The molecular formula is C18H29N3O4S. The zero-order chi connectivity index (χ0) is 19.5. The van der Waals surface area contributed by atoms with E-state index in [4.69, 9.17) is 0 Å². The van der Waals surface area contributed by atoms with E-state index in [2.05, 4.69) is 10.0 Å². The minimum Gasteiger partial charge on any atom is -0.393 e. The second-order valence-electron chi connectivity index (χ2n) is 7.82. The second-order valence-corrected chi connectivity index (χ2v) is 9.58. The molecule has 2 rings (SSSR count). The van der Waals surface area contributed by atoms with Crippen LogP contribution >= 0.6 is 0 Å². The van der Waals surface area contributed by atoms with Crippen LogP contribution in [0.15, 0.2) is 23.1 Å². The summed E-state index contributed by atoms with van der Waals surface area (Å²) in [5.41, 5.74) is 1.61. The molecule has 1 heterocycles. The van der Waals surface area contributed by atoms with Crippen molar-refractivity contribution in [2.75, 3.05) is 13.1 Å². The average molecular weight is 384 g/mol. The van der Waals surface area contributed by atoms with Gasteiger partial charge in [-0.25, -0.2) is 17.9 Å². The summed E-state index contributed by atoms with van der Waals surface area (Å²) in [5.74, 6) is 0. The largest absolute Gasteiger partial charge is 0.393 e. The van der Waals surface area contributed by atoms with Gasteiger partial charge >= 0.3 is 6.03 Å². The number of urea groups is 1. The maximum Gasteiger partial charge on any atom is 0.318 e. The summed E-state index contributed by atoms with van der Waals surface area (Å²) in [7, 11) is -3.60. The number of nitrogens with one attached hydrogen (secondary N) is 2. The molecule has 3 N–H and O–H groups in total. The van der Waals surface area contributed by atoms with E-state index in [1.54, 1.807) is 30.0 Å². The van der Waals surface area contributed by atoms with E-state index in [1.807, 2.05) is 20.8 Å². The molecule has 0 aromatic heterocycles. The predicted octanol–water partition coefficient (Wildman–Crippen LogP) is 1.60. The van der Waals surface area contributed by atoms with Gasteiger partial charge in [-0.05, 0) is 63.8 Å². The molecule has 0 radical (unpaired) electrons. The van der Waals surface area contributed by atoms with Gasteiger partial charge in [0.05, 0.1) is 11.0 Å². The summed E-state index contributed by atoms with van der Waals surface area (Å²) < 4.78 is 27.2. The highest BCUT2D eigenvalue weighted by Crippen LogP contribution is 2.23. The van der Waals surface area contributed by atoms with Crippen molar-refractivity contribution < 1.29 is 18.3 Å². The first-order chi connectivity index (χ1) is 12.0. The molecule has 0 saturated heterocycles. The Hall–Kier alpha value is -1.64. The molecule has 146 valence electrons. The fourth-order valence-electron chi connectivity index (χ4n) is 2.76. The first-order valence-corrected chi connectivity index (χ1v) is 10.3. The number of aliphatic hydroxyl groups excluding tert-OH is 1. The Bertz CT molecular complexity index is 754. The molecule has 0 fully saturated rings. The molecule has 0 bridgehead atoms. The highest BCUT2D eigenvalue weighted by molar-refractivity contribution is 7.89. The number of hydrogen-bond donors (Lipinski definition) is 3. The summed E-state index contributed by atoms with van der Waals surface area (Å²) >= 11 is 0. The fourth-order valence-corrected chi connectivity index (χ4v) is 3.85. The van der Waals surface area contributed by atoms with E-state index >= 15 is 0 Å². The van der Waals surface area contributed by atoms with Crippen LogP contribution in [-0.4, -0.2) is 49.2 Å². The van der Waals surface area contributed by atoms with Gasteiger partial charge < -0.3 is 15.3 Å². The van der Waals surface area contributed by atoms with Crippen LogP contribution < -0.4 is 10.0 Å². The van der Waals surface area contributed by atoms with Crippen LogP contribution in [0.4, 0.5) is 4.79 Å². The third-order valence-corrected chi connectivity index (χ3v) is 5.58. The van der Waals surface area contributed by atoms with Gasteiger partial charge in [-0.1, -0.05) is 6.07 Å². The van der Waals surface area contributed by atoms with Crippen molar-refractivity contribution >= 4 is 16.1 Å². The Morgan fingerprint density at radius 2 is 2.00 bits per heavy atom. The van der Waals surface area contributed by atoms with E-state index in [9.17, 15) is 18.3 Å². The standard InChI is InChI=1S/C18H29N3O4S/c1-13(22)7-9-19-26(24,25)16-6-5-15-12-21(10-8-14(15)11-16)17(23)20-18(2,3)4/h5-6,11,13,19,22H,7-10,12H2,1-4H3,(H,20,23)/t13-/m1/s1. The minimum atomic E-state index is -3.60. The van der Waals surface area contributed by atoms with Gasteiger partial charge in [0.2, 0.25) is 10.0 Å². The van der Waals surface area contributed by atoms with Gasteiger partial charge in [-0.2, -0.15) is 0 Å². The van der Waals surface area contributed by atoms with Crippen molar-refractivity contribution in [2.45, 2.75) is 63.6 Å². The second kappa shape index (κ2) is 7.94. The molecule has 2 amide bonds. The van der Waals surface area contributed by atoms with Crippen LogP contribution in [0.2, 0.25) is 0 Å². The van der Waals surface area contributed by atoms with Crippen molar-refractivity contribution in [1.82, 2.24) is 14.9 Å². The zero-order valence-corrected chi connectivity index (χ0v) is 16.7. The first kappa shape index (κ1) is 20.7. The first-order valence-electron chi connectivity index (χ1n) is 8.84. The van der Waals surface area contributed by atoms with Crippen LogP contribution in [0, 0.1) is 0 Å². The van der Waals surface area contributed by atoms with Crippen LogP contribution in [0.1, 0.15) is 45.2 Å². The van der Waals surface area contributed by atoms with E-state index in [0.717, 1.165) is 11.1 Å². The molecule has 0 saturated carbocycles. The number of amides is 2. The van der Waals surface area contributed by atoms with Crippen LogP contribution in [0.5, 0.6) is 0 Å². The monoisotopic (exact) mass is 383 g/mol. The lowest BCUT2D eigenvalue weighted by Gasteiger charge is -2.32. The highest BCUT2D eigenvalue weighted by atomic mass is 32.2. The van der Waals surface area contributed by atoms with E-state index in [0.29, 0.717) is 25.9 Å². The van der Waals surface area contributed by atoms with Gasteiger partial charge in [0.15, 0.2) is 0 Å². The summed E-state index contributed by atoms with van der Waals surface area (Å²) in [6.07, 6.45) is 0.429. The summed E-state index contributed by atoms with van der Waals surface area (Å²) in [6.45, 7) is 8.63. The number of carbonyl (C=O) groups is 1. The number of hydrogen-bond acceptors (Lipinski definition) is 4. The van der Waals surface area contributed by atoms with Crippen molar-refractivity contribution in [1.29, 1.82) is 0 Å². The van der Waals surface area contributed by atoms with Gasteiger partial charge in [-0.15, -0.1) is 0 Å². The molecule has 7 nitrogen and oxygen atoms in total. The molecule has 1 aliphatic rings. The lowest BCUT2D eigenvalue weighted by Crippen LogP contribution is -2.49. The summed E-state index contributed by atoms with van der Waals surface area (Å²) in [6, 6.07) is 4.91. The van der Waals surface area contributed by atoms with E-state index < -0.39 is 16.1 Å². The molecule has 0 unspecified atom stereocenters. The minimum absolute atomic E-state index is 0.111. The quantitative estimate of drug-likeness (QED) is 0.719. The third-order valence-electron chi connectivity index (χ3n) is 4.12. The maximum absolute atomic E-state index is 12.4. The molecule has 0 spiro atoms. The smallest absolute Gasteiger partial charge is 0.318 e. The lowest BCUT2D eigenvalue weighted by molar-refractivity contribution is 0.183. The SMILES string of the molecule is C[C@@H](O)CCNS(=O)(=O)c1ccc2c(c1)CCN(C(=O)NC(C)(C)C)C2. The van der Waals surface area contributed by atoms with Gasteiger partial charge in [-0.3, -0.25) is 0 Å². The molecule has 0 aliphatic carbocycles. The number of fused-ring (bicyclic) bond motifs is 1. The number of nitrogens with zero attached hydrogens (tertiary/aromatic N) is 1. The third kappa shape index (κ3) is 5.69. The van der Waals surface area contributed by atoms with E-state index in [1.165, 1.54) is 0 Å². The molecule has 8 heteroatoms. The van der Waals surface area contributed by atoms with Crippen LogP contribution in [-0.2, 0) is 23.0 Å². The van der Waals surface area contributed by atoms with Crippen molar-refractivity contribution in [3.05, 3.63) is 29.3 Å². The Morgan fingerprint density at radius 1 is 1.31 bits per heavy atom. The van der Waals surface area contributed by atoms with Gasteiger partial charge in [0.25, 0.3) is 0 Å². The average Bonchev–Trinajstić information content (AvgIpc) is 2.51. The maximum atomic E-state index is 12.4. The molecule has 1 aromatic rings. The normalized spacial score (nSPS) is 16.1. The number of benzene rings is 1. The Morgan fingerprint density at radius 3 is 2.62 bits per heavy atom. The Kier molecular flexibility index (Phi) is 6.31. The molecule has 1 aliphatic heterocycles. The zero-order valence-electron chi connectivity index (χ0n) is 15.9. The molecule has 1 aromatic carbocycles. The number of rotatable bonds is 5. The Balaban J connectivity index is 2.08. The number of sulfonamides is 1. The lowest BCUT2D eigenvalue weighted by atomic mass is 10.00. The van der Waals surface area contributed by atoms with Gasteiger partial charge in [0.1, 0.15) is 0 Å².